The van der Waals surface area contributed by atoms with Crippen molar-refractivity contribution in [3.05, 3.63) is 23.9 Å². The highest BCUT2D eigenvalue weighted by molar-refractivity contribution is 7.89. The Morgan fingerprint density at radius 2 is 2.06 bits per heavy atom. The molecule has 1 fully saturated rings. The fourth-order valence-corrected chi connectivity index (χ4v) is 3.35. The number of nitrogens with two attached hydrogens (primary N) is 1. The van der Waals surface area contributed by atoms with Gasteiger partial charge in [0.05, 0.1) is 5.75 Å². The van der Waals surface area contributed by atoms with Gasteiger partial charge in [-0.3, -0.25) is 0 Å². The zero-order valence-corrected chi connectivity index (χ0v) is 11.4. The highest BCUT2D eigenvalue weighted by Gasteiger charge is 2.23. The number of nitrogens with zero attached hydrogens (tertiary/aromatic N) is 2. The van der Waals surface area contributed by atoms with Crippen LogP contribution in [0.25, 0.3) is 0 Å². The van der Waals surface area contributed by atoms with Crippen molar-refractivity contribution in [2.45, 2.75) is 19.8 Å². The van der Waals surface area contributed by atoms with E-state index in [0.29, 0.717) is 0 Å². The molecule has 100 valence electrons. The minimum absolute atomic E-state index is 0.0993. The van der Waals surface area contributed by atoms with E-state index in [0.717, 1.165) is 37.4 Å². The van der Waals surface area contributed by atoms with E-state index in [-0.39, 0.29) is 11.7 Å². The van der Waals surface area contributed by atoms with Gasteiger partial charge in [-0.1, -0.05) is 6.07 Å². The number of piperidine rings is 1. The maximum absolute atomic E-state index is 11.0. The van der Waals surface area contributed by atoms with Crippen LogP contribution in [-0.2, 0) is 10.0 Å². The molecule has 0 unspecified atom stereocenters. The molecule has 2 rings (SSSR count). The van der Waals surface area contributed by atoms with Crippen molar-refractivity contribution < 1.29 is 8.42 Å². The van der Waals surface area contributed by atoms with Crippen LogP contribution in [0.15, 0.2) is 18.2 Å². The van der Waals surface area contributed by atoms with Gasteiger partial charge in [0, 0.05) is 18.8 Å². The second kappa shape index (κ2) is 5.24. The Labute approximate surface area is 108 Å². The van der Waals surface area contributed by atoms with E-state index in [1.807, 2.05) is 25.1 Å². The van der Waals surface area contributed by atoms with E-state index in [9.17, 15) is 8.42 Å². The van der Waals surface area contributed by atoms with Gasteiger partial charge in [-0.05, 0) is 37.8 Å². The zero-order chi connectivity index (χ0) is 13.2. The summed E-state index contributed by atoms with van der Waals surface area (Å²) in [5.41, 5.74) is 0.999. The summed E-state index contributed by atoms with van der Waals surface area (Å²) in [4.78, 5) is 6.68. The first-order valence-corrected chi connectivity index (χ1v) is 7.85. The molecule has 0 aromatic carbocycles. The lowest BCUT2D eigenvalue weighted by Gasteiger charge is -2.32. The number of hydrogen-bond donors (Lipinski definition) is 1. The summed E-state index contributed by atoms with van der Waals surface area (Å²) in [6.07, 6.45) is 1.71. The summed E-state index contributed by atoms with van der Waals surface area (Å²) in [6, 6.07) is 5.96. The predicted octanol–water partition coefficient (Wildman–Crippen LogP) is 0.895. The van der Waals surface area contributed by atoms with E-state index in [1.165, 1.54) is 0 Å². The van der Waals surface area contributed by atoms with Gasteiger partial charge in [0.1, 0.15) is 5.82 Å². The van der Waals surface area contributed by atoms with Crippen LogP contribution in [0.5, 0.6) is 0 Å². The third-order valence-electron chi connectivity index (χ3n) is 3.28. The number of primary sulfonamides is 1. The Kier molecular flexibility index (Phi) is 3.87. The molecule has 2 N–H and O–H groups in total. The van der Waals surface area contributed by atoms with E-state index >= 15 is 0 Å². The van der Waals surface area contributed by atoms with Crippen LogP contribution in [0.4, 0.5) is 5.82 Å². The van der Waals surface area contributed by atoms with Gasteiger partial charge in [-0.15, -0.1) is 0 Å². The topological polar surface area (TPSA) is 76.3 Å². The number of anilines is 1. The molecular formula is C12H19N3O2S. The first-order valence-electron chi connectivity index (χ1n) is 6.13. The number of pyridine rings is 1. The van der Waals surface area contributed by atoms with Gasteiger partial charge >= 0.3 is 0 Å². The largest absolute Gasteiger partial charge is 0.357 e. The lowest BCUT2D eigenvalue weighted by molar-refractivity contribution is 0.434. The molecule has 18 heavy (non-hydrogen) atoms. The van der Waals surface area contributed by atoms with Crippen LogP contribution >= 0.6 is 0 Å². The number of aryl methyl sites for hydroxylation is 1. The number of rotatable bonds is 3. The summed E-state index contributed by atoms with van der Waals surface area (Å²) >= 11 is 0. The Hall–Kier alpha value is -1.14. The molecule has 0 radical (unpaired) electrons. The molecule has 0 atom stereocenters. The van der Waals surface area contributed by atoms with Crippen LogP contribution in [0, 0.1) is 12.8 Å². The van der Waals surface area contributed by atoms with Crippen molar-refractivity contribution in [1.29, 1.82) is 0 Å². The summed E-state index contributed by atoms with van der Waals surface area (Å²) in [7, 11) is -3.35. The van der Waals surface area contributed by atoms with E-state index in [4.69, 9.17) is 5.14 Å². The molecule has 1 saturated heterocycles. The van der Waals surface area contributed by atoms with Crippen molar-refractivity contribution in [1.82, 2.24) is 4.98 Å². The van der Waals surface area contributed by atoms with Crippen molar-refractivity contribution in [2.75, 3.05) is 23.7 Å². The molecule has 0 spiro atoms. The lowest BCUT2D eigenvalue weighted by atomic mass is 9.99. The second-order valence-electron chi connectivity index (χ2n) is 4.90. The Bertz CT molecular complexity index is 508. The summed E-state index contributed by atoms with van der Waals surface area (Å²) in [5.74, 6) is 1.26. The molecule has 0 saturated carbocycles. The molecule has 2 heterocycles. The van der Waals surface area contributed by atoms with Crippen LogP contribution in [-0.4, -0.2) is 32.2 Å². The van der Waals surface area contributed by atoms with Crippen LogP contribution in [0.2, 0.25) is 0 Å². The molecule has 1 aromatic heterocycles. The van der Waals surface area contributed by atoms with E-state index in [2.05, 4.69) is 9.88 Å². The molecular weight excluding hydrogens is 250 g/mol. The number of sulfonamides is 1. The summed E-state index contributed by atoms with van der Waals surface area (Å²) < 4.78 is 22.1. The van der Waals surface area contributed by atoms with Gasteiger partial charge in [-0.25, -0.2) is 18.5 Å². The normalized spacial score (nSPS) is 18.0. The van der Waals surface area contributed by atoms with Crippen molar-refractivity contribution >= 4 is 15.8 Å². The molecule has 6 heteroatoms. The minimum atomic E-state index is -3.35. The zero-order valence-electron chi connectivity index (χ0n) is 10.5. The van der Waals surface area contributed by atoms with Crippen LogP contribution < -0.4 is 10.0 Å². The van der Waals surface area contributed by atoms with E-state index < -0.39 is 10.0 Å². The Morgan fingerprint density at radius 1 is 1.39 bits per heavy atom. The van der Waals surface area contributed by atoms with E-state index in [1.54, 1.807) is 0 Å². The molecule has 0 aliphatic carbocycles. The highest BCUT2D eigenvalue weighted by atomic mass is 32.2. The summed E-state index contributed by atoms with van der Waals surface area (Å²) in [6.45, 7) is 3.66. The smallest absolute Gasteiger partial charge is 0.209 e. The second-order valence-corrected chi connectivity index (χ2v) is 6.56. The average molecular weight is 269 g/mol. The molecule has 1 aromatic rings. The molecule has 1 aliphatic heterocycles. The lowest BCUT2D eigenvalue weighted by Crippen LogP contribution is -2.37. The van der Waals surface area contributed by atoms with Gasteiger partial charge in [0.2, 0.25) is 10.0 Å². The maximum Gasteiger partial charge on any atom is 0.209 e. The first-order chi connectivity index (χ1) is 8.44. The first kappa shape index (κ1) is 13.3. The van der Waals surface area contributed by atoms with Gasteiger partial charge in [-0.2, -0.15) is 0 Å². The molecule has 5 nitrogen and oxygen atoms in total. The molecule has 0 bridgehead atoms. The van der Waals surface area contributed by atoms with Crippen LogP contribution in [0.3, 0.4) is 0 Å². The van der Waals surface area contributed by atoms with Gasteiger partial charge in [0.15, 0.2) is 0 Å². The van der Waals surface area contributed by atoms with Crippen LogP contribution in [0.1, 0.15) is 18.5 Å². The standard InChI is InChI=1S/C12H19N3O2S/c1-10-3-2-4-12(14-10)15-7-5-11(6-8-15)9-18(13,16)17/h2-4,11H,5-9H2,1H3,(H2,13,16,17). The van der Waals surface area contributed by atoms with Crippen molar-refractivity contribution in [2.24, 2.45) is 11.1 Å². The number of hydrogen-bond acceptors (Lipinski definition) is 4. The van der Waals surface area contributed by atoms with Crippen molar-refractivity contribution in [3.8, 4) is 0 Å². The Balaban J connectivity index is 1.94. The third kappa shape index (κ3) is 3.68. The van der Waals surface area contributed by atoms with Crippen molar-refractivity contribution in [3.63, 3.8) is 0 Å². The third-order valence-corrected chi connectivity index (χ3v) is 4.22. The minimum Gasteiger partial charge on any atom is -0.357 e. The fraction of sp³-hybridized carbons (Fsp3) is 0.583. The Morgan fingerprint density at radius 3 is 2.61 bits per heavy atom. The van der Waals surface area contributed by atoms with Gasteiger partial charge < -0.3 is 4.90 Å². The number of aromatic nitrogens is 1. The summed E-state index contributed by atoms with van der Waals surface area (Å²) in [5, 5.41) is 5.08. The predicted molar refractivity (Wildman–Crippen MR) is 71.9 cm³/mol. The average Bonchev–Trinajstić information content (AvgIpc) is 2.28. The fourth-order valence-electron chi connectivity index (χ4n) is 2.36. The molecule has 0 amide bonds. The maximum atomic E-state index is 11.0. The van der Waals surface area contributed by atoms with Gasteiger partial charge in [0.25, 0.3) is 0 Å². The quantitative estimate of drug-likeness (QED) is 0.884. The molecule has 1 aliphatic rings. The monoisotopic (exact) mass is 269 g/mol. The highest BCUT2D eigenvalue weighted by Crippen LogP contribution is 2.22. The SMILES string of the molecule is Cc1cccc(N2CCC(CS(N)(=O)=O)CC2)n1.